The summed E-state index contributed by atoms with van der Waals surface area (Å²) < 4.78 is 25.1. The molecule has 0 bridgehead atoms. The Hall–Kier alpha value is -2.33. The molecule has 2 N–H and O–H groups in total. The van der Waals surface area contributed by atoms with Crippen molar-refractivity contribution >= 4 is 21.9 Å². The van der Waals surface area contributed by atoms with Crippen molar-refractivity contribution in [1.82, 2.24) is 0 Å². The maximum absolute atomic E-state index is 14.4. The van der Waals surface area contributed by atoms with Crippen molar-refractivity contribution in [2.45, 2.75) is 19.8 Å². The molecule has 7 heteroatoms. The van der Waals surface area contributed by atoms with Crippen LogP contribution in [0.1, 0.15) is 25.3 Å². The molecule has 0 radical (unpaired) electrons. The molecule has 0 fully saturated rings. The minimum absolute atomic E-state index is 0.0375. The zero-order valence-electron chi connectivity index (χ0n) is 12.5. The summed E-state index contributed by atoms with van der Waals surface area (Å²) in [4.78, 5) is 12.3. The molecule has 23 heavy (non-hydrogen) atoms. The smallest absolute Gasteiger partial charge is 0.338 e. The van der Waals surface area contributed by atoms with Crippen LogP contribution in [0.3, 0.4) is 0 Å². The van der Waals surface area contributed by atoms with Crippen LogP contribution in [0.15, 0.2) is 45.5 Å². The average Bonchev–Trinajstić information content (AvgIpc) is 2.47. The van der Waals surface area contributed by atoms with E-state index in [1.165, 1.54) is 19.1 Å². The molecule has 2 rings (SSSR count). The van der Waals surface area contributed by atoms with Gasteiger partial charge in [-0.25, -0.2) is 9.18 Å². The molecular weight excluding hydrogens is 367 g/mol. The third kappa shape index (κ3) is 3.08. The molecule has 1 aliphatic rings. The lowest BCUT2D eigenvalue weighted by Gasteiger charge is -2.27. The molecule has 1 heterocycles. The molecule has 1 aromatic carbocycles. The number of ether oxygens (including phenoxy) is 2. The van der Waals surface area contributed by atoms with Crippen molar-refractivity contribution in [3.63, 3.8) is 0 Å². The third-order valence-corrected chi connectivity index (χ3v) is 4.08. The number of carbonyl (C=O) groups excluding carboxylic acids is 1. The fraction of sp³-hybridized carbons (Fsp3) is 0.250. The second kappa shape index (κ2) is 6.84. The molecule has 0 aliphatic carbocycles. The Kier molecular flexibility index (Phi) is 5.06. The highest BCUT2D eigenvalue weighted by molar-refractivity contribution is 9.10. The molecule has 0 amide bonds. The minimum atomic E-state index is -0.997. The van der Waals surface area contributed by atoms with E-state index < -0.39 is 17.7 Å². The number of hydrogen-bond acceptors (Lipinski definition) is 5. The fourth-order valence-corrected chi connectivity index (χ4v) is 3.00. The highest BCUT2D eigenvalue weighted by atomic mass is 79.9. The molecule has 0 aromatic heterocycles. The molecular formula is C16H14BrFN2O3. The van der Waals surface area contributed by atoms with Gasteiger partial charge in [-0.3, -0.25) is 0 Å². The Labute approximate surface area is 141 Å². The summed E-state index contributed by atoms with van der Waals surface area (Å²) in [5.41, 5.74) is 5.91. The van der Waals surface area contributed by atoms with E-state index in [9.17, 15) is 14.4 Å². The zero-order valence-corrected chi connectivity index (χ0v) is 14.1. The Morgan fingerprint density at radius 2 is 2.26 bits per heavy atom. The number of halogens is 2. The van der Waals surface area contributed by atoms with Crippen molar-refractivity contribution in [2.24, 2.45) is 5.73 Å². The summed E-state index contributed by atoms with van der Waals surface area (Å²) in [5, 5.41) is 9.41. The van der Waals surface area contributed by atoms with E-state index in [0.29, 0.717) is 4.47 Å². The fourth-order valence-electron chi connectivity index (χ4n) is 2.43. The highest BCUT2D eigenvalue weighted by Crippen LogP contribution is 2.43. The maximum atomic E-state index is 14.4. The van der Waals surface area contributed by atoms with Gasteiger partial charge in [0.05, 0.1) is 18.1 Å². The van der Waals surface area contributed by atoms with Gasteiger partial charge >= 0.3 is 5.97 Å². The van der Waals surface area contributed by atoms with E-state index >= 15 is 0 Å². The molecule has 120 valence electrons. The van der Waals surface area contributed by atoms with E-state index in [0.717, 1.165) is 0 Å². The predicted molar refractivity (Wildman–Crippen MR) is 84.1 cm³/mol. The number of benzene rings is 1. The summed E-state index contributed by atoms with van der Waals surface area (Å²) in [6.45, 7) is 3.32. The SMILES string of the molecule is CCOC(=O)C1=C(C)OC(N)=C(C#N)C1c1c(F)cccc1Br. The Morgan fingerprint density at radius 3 is 2.83 bits per heavy atom. The first kappa shape index (κ1) is 17.0. The van der Waals surface area contributed by atoms with Crippen LogP contribution < -0.4 is 5.73 Å². The minimum Gasteiger partial charge on any atom is -0.463 e. The predicted octanol–water partition coefficient (Wildman–Crippen LogP) is 3.23. The molecule has 1 atom stereocenters. The van der Waals surface area contributed by atoms with Crippen molar-refractivity contribution < 1.29 is 18.7 Å². The number of esters is 1. The van der Waals surface area contributed by atoms with Crippen LogP contribution in [-0.2, 0) is 14.3 Å². The molecule has 0 saturated heterocycles. The van der Waals surface area contributed by atoms with E-state index in [4.69, 9.17) is 15.2 Å². The molecule has 0 saturated carbocycles. The molecule has 1 aromatic rings. The molecule has 0 spiro atoms. The summed E-state index contributed by atoms with van der Waals surface area (Å²) in [5.74, 6) is -2.21. The van der Waals surface area contributed by atoms with Gasteiger partial charge in [0.1, 0.15) is 23.2 Å². The van der Waals surface area contributed by atoms with E-state index in [2.05, 4.69) is 15.9 Å². The maximum Gasteiger partial charge on any atom is 0.338 e. The quantitative estimate of drug-likeness (QED) is 0.813. The average molecular weight is 381 g/mol. The van der Waals surface area contributed by atoms with Gasteiger partial charge in [-0.1, -0.05) is 22.0 Å². The van der Waals surface area contributed by atoms with Gasteiger partial charge in [0.25, 0.3) is 0 Å². The number of nitrogens with two attached hydrogens (primary N) is 1. The van der Waals surface area contributed by atoms with Crippen molar-refractivity contribution in [2.75, 3.05) is 6.61 Å². The Bertz CT molecular complexity index is 745. The second-order valence-electron chi connectivity index (χ2n) is 4.75. The summed E-state index contributed by atoms with van der Waals surface area (Å²) in [6, 6.07) is 6.29. The zero-order chi connectivity index (χ0) is 17.1. The number of hydrogen-bond donors (Lipinski definition) is 1. The van der Waals surface area contributed by atoms with Crippen LogP contribution in [0.4, 0.5) is 4.39 Å². The van der Waals surface area contributed by atoms with Crippen molar-refractivity contribution in [3.05, 3.63) is 56.8 Å². The summed E-state index contributed by atoms with van der Waals surface area (Å²) in [7, 11) is 0. The number of rotatable bonds is 3. The van der Waals surface area contributed by atoms with Crippen molar-refractivity contribution in [1.29, 1.82) is 5.26 Å². The van der Waals surface area contributed by atoms with E-state index in [1.807, 2.05) is 6.07 Å². The summed E-state index contributed by atoms with van der Waals surface area (Å²) in [6.07, 6.45) is 0. The largest absolute Gasteiger partial charge is 0.463 e. The second-order valence-corrected chi connectivity index (χ2v) is 5.60. The molecule has 1 aliphatic heterocycles. The van der Waals surface area contributed by atoms with Gasteiger partial charge in [0, 0.05) is 10.0 Å². The molecule has 1 unspecified atom stereocenters. The number of allylic oxidation sites excluding steroid dienone is 2. The van der Waals surface area contributed by atoms with Crippen LogP contribution in [-0.4, -0.2) is 12.6 Å². The highest BCUT2D eigenvalue weighted by Gasteiger charge is 2.38. The van der Waals surface area contributed by atoms with Crippen LogP contribution in [0, 0.1) is 17.1 Å². The van der Waals surface area contributed by atoms with Gasteiger partial charge in [-0.15, -0.1) is 0 Å². The monoisotopic (exact) mass is 380 g/mol. The van der Waals surface area contributed by atoms with E-state index in [-0.39, 0.29) is 35.0 Å². The van der Waals surface area contributed by atoms with Gasteiger partial charge in [0.2, 0.25) is 5.88 Å². The lowest BCUT2D eigenvalue weighted by molar-refractivity contribution is -0.139. The van der Waals surface area contributed by atoms with Gasteiger partial charge < -0.3 is 15.2 Å². The van der Waals surface area contributed by atoms with Crippen LogP contribution in [0.2, 0.25) is 0 Å². The van der Waals surface area contributed by atoms with Crippen LogP contribution in [0.5, 0.6) is 0 Å². The normalized spacial score (nSPS) is 17.6. The first-order valence-corrected chi connectivity index (χ1v) is 7.61. The lowest BCUT2D eigenvalue weighted by Crippen LogP contribution is -2.26. The van der Waals surface area contributed by atoms with Crippen LogP contribution in [0.25, 0.3) is 0 Å². The first-order valence-electron chi connectivity index (χ1n) is 6.81. The van der Waals surface area contributed by atoms with Gasteiger partial charge in [0.15, 0.2) is 0 Å². The molecule has 5 nitrogen and oxygen atoms in total. The third-order valence-electron chi connectivity index (χ3n) is 3.39. The lowest BCUT2D eigenvalue weighted by atomic mass is 9.83. The topological polar surface area (TPSA) is 85.3 Å². The van der Waals surface area contributed by atoms with Crippen molar-refractivity contribution in [3.8, 4) is 6.07 Å². The van der Waals surface area contributed by atoms with E-state index in [1.54, 1.807) is 13.0 Å². The Morgan fingerprint density at radius 1 is 1.57 bits per heavy atom. The number of nitriles is 1. The van der Waals surface area contributed by atoms with Gasteiger partial charge in [-0.05, 0) is 26.0 Å². The Balaban J connectivity index is 2.72. The summed E-state index contributed by atoms with van der Waals surface area (Å²) >= 11 is 3.27. The number of carbonyl (C=O) groups is 1. The van der Waals surface area contributed by atoms with Crippen LogP contribution >= 0.6 is 15.9 Å². The first-order chi connectivity index (χ1) is 10.9. The standard InChI is InChI=1S/C16H14BrFN2O3/c1-3-22-16(21)12-8(2)23-15(20)9(7-19)13(12)14-10(17)5-4-6-11(14)18/h4-6,13H,3,20H2,1-2H3. The number of nitrogens with zero attached hydrogens (tertiary/aromatic N) is 1. The van der Waals surface area contributed by atoms with Gasteiger partial charge in [-0.2, -0.15) is 5.26 Å².